The Bertz CT molecular complexity index is 1220. The van der Waals surface area contributed by atoms with E-state index in [0.29, 0.717) is 25.1 Å². The maximum absolute atomic E-state index is 13.6. The molecule has 0 heterocycles. The monoisotopic (exact) mass is 757 g/mol. The van der Waals surface area contributed by atoms with Crippen LogP contribution in [0.4, 0.5) is 0 Å². The van der Waals surface area contributed by atoms with Gasteiger partial charge in [-0.1, -0.05) is 6.92 Å². The maximum Gasteiger partial charge on any atom is 0.243 e. The molecule has 0 radical (unpaired) electrons. The van der Waals surface area contributed by atoms with Crippen LogP contribution in [0.3, 0.4) is 0 Å². The minimum absolute atomic E-state index is 0.0565. The van der Waals surface area contributed by atoms with Crippen LogP contribution in [-0.2, 0) is 28.8 Å². The molecule has 52 heavy (non-hydrogen) atoms. The van der Waals surface area contributed by atoms with E-state index in [0.717, 1.165) is 0 Å². The second kappa shape index (κ2) is 26.7. The Labute approximate surface area is 308 Å². The Hall–Kier alpha value is -5.02. The van der Waals surface area contributed by atoms with Gasteiger partial charge in [0, 0.05) is 38.4 Å². The number of unbranched alkanes of at least 4 members (excludes halogenated alkanes) is 1. The molecule has 0 aromatic rings. The van der Waals surface area contributed by atoms with Gasteiger partial charge in [-0.25, -0.2) is 0 Å². The van der Waals surface area contributed by atoms with Gasteiger partial charge in [0.2, 0.25) is 35.4 Å². The summed E-state index contributed by atoms with van der Waals surface area (Å²) in [5.74, 6) is -3.97. The summed E-state index contributed by atoms with van der Waals surface area (Å²) in [6.07, 6.45) is 3.87. The van der Waals surface area contributed by atoms with E-state index in [1.54, 1.807) is 6.92 Å². The summed E-state index contributed by atoms with van der Waals surface area (Å²) < 4.78 is 0. The van der Waals surface area contributed by atoms with Gasteiger partial charge in [0.1, 0.15) is 24.2 Å². The minimum atomic E-state index is -1.18. The van der Waals surface area contributed by atoms with Gasteiger partial charge in [0.15, 0.2) is 17.9 Å². The molecule has 0 aliphatic heterocycles. The first-order valence-corrected chi connectivity index (χ1v) is 18.3. The van der Waals surface area contributed by atoms with Crippen molar-refractivity contribution in [1.82, 2.24) is 47.9 Å². The van der Waals surface area contributed by atoms with Crippen molar-refractivity contribution in [3.63, 3.8) is 0 Å². The van der Waals surface area contributed by atoms with Gasteiger partial charge in [0.05, 0.1) is 6.54 Å². The number of hydrogen-bond acceptors (Lipinski definition) is 10. The zero-order valence-electron chi connectivity index (χ0n) is 30.5. The van der Waals surface area contributed by atoms with Gasteiger partial charge in [-0.15, -0.1) is 0 Å². The molecule has 0 fully saturated rings. The molecule has 22 heteroatoms. The molecular formula is C30H59N15O6S. The average Bonchev–Trinajstić information content (AvgIpc) is 3.08. The van der Waals surface area contributed by atoms with Crippen LogP contribution >= 0.6 is 11.8 Å². The molecule has 296 valence electrons. The van der Waals surface area contributed by atoms with Crippen molar-refractivity contribution in [1.29, 1.82) is 16.2 Å². The van der Waals surface area contributed by atoms with E-state index in [-0.39, 0.29) is 74.9 Å². The SMILES string of the molecule is CNC(=O)[C@@H](CCCCNC(=N)N)NC(=O)[C@@H](CCCNC(=N)N)NC(=O)[C@@H](CCCNC(=N)N)NC(=O)CNC(=O)[C@H](C)NC(=O)[C@@H](C)CSC. The highest BCUT2D eigenvalue weighted by atomic mass is 32.2. The summed E-state index contributed by atoms with van der Waals surface area (Å²) in [5, 5.41) is 45.3. The molecule has 0 spiro atoms. The van der Waals surface area contributed by atoms with Crippen molar-refractivity contribution in [3.05, 3.63) is 0 Å². The second-order valence-electron chi connectivity index (χ2n) is 12.0. The first-order chi connectivity index (χ1) is 24.5. The second-order valence-corrected chi connectivity index (χ2v) is 12.9. The van der Waals surface area contributed by atoms with Crippen LogP contribution in [0.5, 0.6) is 0 Å². The minimum Gasteiger partial charge on any atom is -0.370 e. The molecule has 0 bridgehead atoms. The number of thioether (sulfide) groups is 1. The van der Waals surface area contributed by atoms with Gasteiger partial charge >= 0.3 is 0 Å². The Morgan fingerprint density at radius 1 is 0.577 bits per heavy atom. The summed E-state index contributed by atoms with van der Waals surface area (Å²) in [7, 11) is 1.42. The van der Waals surface area contributed by atoms with E-state index in [4.69, 9.17) is 33.4 Å². The van der Waals surface area contributed by atoms with Crippen molar-refractivity contribution >= 4 is 65.1 Å². The highest BCUT2D eigenvalue weighted by Gasteiger charge is 2.29. The normalized spacial score (nSPS) is 13.4. The summed E-state index contributed by atoms with van der Waals surface area (Å²) in [6, 6.07) is -4.21. The van der Waals surface area contributed by atoms with E-state index in [1.807, 2.05) is 6.26 Å². The van der Waals surface area contributed by atoms with Crippen molar-refractivity contribution < 1.29 is 28.8 Å². The van der Waals surface area contributed by atoms with Crippen LogP contribution in [0.15, 0.2) is 0 Å². The number of carbonyl (C=O) groups is 6. The number of nitrogens with one attached hydrogen (secondary N) is 12. The van der Waals surface area contributed by atoms with Gasteiger partial charge in [-0.3, -0.25) is 45.0 Å². The Morgan fingerprint density at radius 2 is 1.02 bits per heavy atom. The van der Waals surface area contributed by atoms with Crippen LogP contribution in [0, 0.1) is 22.1 Å². The number of hydrogen-bond donors (Lipinski definition) is 15. The summed E-state index contributed by atoms with van der Waals surface area (Å²) in [5.41, 5.74) is 16.0. The Kier molecular flexibility index (Phi) is 24.2. The maximum atomic E-state index is 13.6. The van der Waals surface area contributed by atoms with E-state index >= 15 is 0 Å². The van der Waals surface area contributed by atoms with Gasteiger partial charge in [-0.2, -0.15) is 11.8 Å². The summed E-state index contributed by atoms with van der Waals surface area (Å²) >= 11 is 1.49. The van der Waals surface area contributed by atoms with E-state index in [2.05, 4.69) is 47.9 Å². The smallest absolute Gasteiger partial charge is 0.243 e. The largest absolute Gasteiger partial charge is 0.370 e. The van der Waals surface area contributed by atoms with Crippen molar-refractivity contribution in [3.8, 4) is 0 Å². The van der Waals surface area contributed by atoms with Crippen LogP contribution in [0.25, 0.3) is 0 Å². The molecule has 0 aromatic carbocycles. The third-order valence-corrected chi connectivity index (χ3v) is 8.24. The van der Waals surface area contributed by atoms with Gasteiger partial charge < -0.3 is 65.1 Å². The number of carbonyl (C=O) groups excluding carboxylic acids is 6. The number of guanidine groups is 3. The molecule has 0 aliphatic carbocycles. The van der Waals surface area contributed by atoms with E-state index in [1.165, 1.54) is 25.7 Å². The molecule has 5 atom stereocenters. The van der Waals surface area contributed by atoms with Crippen LogP contribution in [0.2, 0.25) is 0 Å². The summed E-state index contributed by atoms with van der Waals surface area (Å²) in [4.78, 5) is 77.6. The van der Waals surface area contributed by atoms with E-state index in [9.17, 15) is 28.8 Å². The van der Waals surface area contributed by atoms with Crippen LogP contribution in [0.1, 0.15) is 58.8 Å². The molecule has 6 amide bonds. The molecule has 0 aromatic heterocycles. The topological polar surface area (TPSA) is 360 Å². The highest BCUT2D eigenvalue weighted by Crippen LogP contribution is 2.07. The molecule has 0 unspecified atom stereocenters. The molecule has 0 aliphatic rings. The molecule has 0 rings (SSSR count). The molecule has 18 N–H and O–H groups in total. The Balaban J connectivity index is 5.79. The lowest BCUT2D eigenvalue weighted by Crippen LogP contribution is -2.57. The van der Waals surface area contributed by atoms with Crippen molar-refractivity contribution in [2.75, 3.05) is 45.2 Å². The zero-order chi connectivity index (χ0) is 39.6. The molecular weight excluding hydrogens is 698 g/mol. The third-order valence-electron chi connectivity index (χ3n) is 7.41. The van der Waals surface area contributed by atoms with Gasteiger partial charge in [-0.05, 0) is 58.1 Å². The first kappa shape index (κ1) is 47.0. The highest BCUT2D eigenvalue weighted by molar-refractivity contribution is 7.98. The van der Waals surface area contributed by atoms with Crippen LogP contribution < -0.4 is 65.1 Å². The Morgan fingerprint density at radius 3 is 1.48 bits per heavy atom. The van der Waals surface area contributed by atoms with E-state index < -0.39 is 60.2 Å². The standard InChI is InChI=1S/C30H59N15O6S/c1-17(16-52-4)23(47)42-18(2)24(48)41-15-22(46)43-20(10-7-13-39-29(33)34)26(50)45-21(11-8-14-40-30(35)36)27(51)44-19(25(49)37-3)9-5-6-12-38-28(31)32/h17-21H,5-16H2,1-4H3,(H,37,49)(H,41,48)(H,42,47)(H,43,46)(H,44,51)(H,45,50)(H4,31,32,38)(H4,33,34,39)(H4,35,36,40)/t17-,18-,19+,20+,21+/m0/s1. The number of rotatable bonds is 26. The van der Waals surface area contributed by atoms with Crippen LogP contribution in [-0.4, -0.2) is 123 Å². The van der Waals surface area contributed by atoms with Crippen molar-refractivity contribution in [2.24, 2.45) is 23.1 Å². The number of amides is 6. The zero-order valence-corrected chi connectivity index (χ0v) is 31.3. The molecule has 0 saturated carbocycles. The van der Waals surface area contributed by atoms with Gasteiger partial charge in [0.25, 0.3) is 0 Å². The fourth-order valence-electron chi connectivity index (χ4n) is 4.59. The number of likely N-dealkylation sites (N-methyl/N-ethyl adjacent to an activating group) is 1. The molecule has 0 saturated heterocycles. The lowest BCUT2D eigenvalue weighted by Gasteiger charge is -2.25. The average molecular weight is 758 g/mol. The first-order valence-electron chi connectivity index (χ1n) is 16.9. The lowest BCUT2D eigenvalue weighted by molar-refractivity contribution is -0.134. The fourth-order valence-corrected chi connectivity index (χ4v) is 5.24. The molecule has 21 nitrogen and oxygen atoms in total. The number of nitrogens with two attached hydrogens (primary N) is 3. The third kappa shape index (κ3) is 21.9. The summed E-state index contributed by atoms with van der Waals surface area (Å²) in [6.45, 7) is 3.52. The predicted octanol–water partition coefficient (Wildman–Crippen LogP) is -4.01. The van der Waals surface area contributed by atoms with Crippen molar-refractivity contribution in [2.45, 2.75) is 83.0 Å². The predicted molar refractivity (Wildman–Crippen MR) is 200 cm³/mol. The quantitative estimate of drug-likeness (QED) is 0.0227. The lowest BCUT2D eigenvalue weighted by atomic mass is 10.0. The fraction of sp³-hybridized carbons (Fsp3) is 0.700.